The minimum atomic E-state index is 0.267. The van der Waals surface area contributed by atoms with Gasteiger partial charge in [0.15, 0.2) is 11.5 Å². The first kappa shape index (κ1) is 16.5. The smallest absolute Gasteiger partial charge is 0.279 e. The molecule has 1 aromatic heterocycles. The molecule has 0 aliphatic carbocycles. The van der Waals surface area contributed by atoms with Crippen LogP contribution in [0.3, 0.4) is 0 Å². The number of thiazole rings is 1. The molecule has 3 aromatic rings. The van der Waals surface area contributed by atoms with E-state index >= 15 is 0 Å². The van der Waals surface area contributed by atoms with Gasteiger partial charge >= 0.3 is 0 Å². The zero-order valence-electron chi connectivity index (χ0n) is 13.7. The molecule has 0 saturated carbocycles. The van der Waals surface area contributed by atoms with Gasteiger partial charge in [-0.2, -0.15) is 0 Å². The second-order valence-electron chi connectivity index (χ2n) is 5.43. The quantitative estimate of drug-likeness (QED) is 0.606. The van der Waals surface area contributed by atoms with Crippen LogP contribution in [0, 0.1) is 0 Å². The van der Waals surface area contributed by atoms with Gasteiger partial charge in [-0.1, -0.05) is 36.5 Å². The molecule has 2 aromatic carbocycles. The first-order valence-corrected chi connectivity index (χ1v) is 8.73. The highest BCUT2D eigenvalue weighted by Crippen LogP contribution is 2.36. The molecule has 0 amide bonds. The Balaban J connectivity index is 1.78. The molecule has 0 fully saturated rings. The lowest BCUT2D eigenvalue weighted by Crippen LogP contribution is -1.98. The van der Waals surface area contributed by atoms with Crippen molar-refractivity contribution < 1.29 is 14.3 Å². The SMILES string of the molecule is CCC(=O)CCc1ccc(Oc2nc3ccccc3s2)c(OC)c1. The number of Topliss-reactive ketones (excluding diaryl/α,β-unsaturated/α-hetero) is 1. The summed E-state index contributed by atoms with van der Waals surface area (Å²) in [5, 5.41) is 0.586. The Morgan fingerprint density at radius 2 is 2.00 bits per heavy atom. The number of carbonyl (C=O) groups is 1. The summed E-state index contributed by atoms with van der Waals surface area (Å²) in [6.07, 6.45) is 1.85. The molecule has 124 valence electrons. The lowest BCUT2D eigenvalue weighted by Gasteiger charge is -2.10. The Hall–Kier alpha value is -2.40. The number of hydrogen-bond donors (Lipinski definition) is 0. The number of hydrogen-bond acceptors (Lipinski definition) is 5. The third-order valence-corrected chi connectivity index (χ3v) is 4.70. The largest absolute Gasteiger partial charge is 0.493 e. The Morgan fingerprint density at radius 1 is 1.17 bits per heavy atom. The summed E-state index contributed by atoms with van der Waals surface area (Å²) in [6.45, 7) is 1.89. The Labute approximate surface area is 145 Å². The van der Waals surface area contributed by atoms with Crippen molar-refractivity contribution in [2.24, 2.45) is 0 Å². The third-order valence-electron chi connectivity index (χ3n) is 3.79. The minimum absolute atomic E-state index is 0.267. The minimum Gasteiger partial charge on any atom is -0.493 e. The van der Waals surface area contributed by atoms with Crippen LogP contribution in [0.5, 0.6) is 16.7 Å². The molecule has 0 spiro atoms. The van der Waals surface area contributed by atoms with Crippen molar-refractivity contribution in [1.82, 2.24) is 4.98 Å². The van der Waals surface area contributed by atoms with Gasteiger partial charge in [-0.15, -0.1) is 0 Å². The Kier molecular flexibility index (Phi) is 5.11. The normalized spacial score (nSPS) is 10.8. The fourth-order valence-corrected chi connectivity index (χ4v) is 3.23. The molecule has 0 radical (unpaired) electrons. The number of nitrogens with zero attached hydrogens (tertiary/aromatic N) is 1. The molecule has 0 N–H and O–H groups in total. The summed E-state index contributed by atoms with van der Waals surface area (Å²) in [7, 11) is 1.61. The van der Waals surface area contributed by atoms with Crippen LogP contribution in [0.2, 0.25) is 0 Å². The maximum absolute atomic E-state index is 11.5. The monoisotopic (exact) mass is 341 g/mol. The van der Waals surface area contributed by atoms with Crippen molar-refractivity contribution in [2.45, 2.75) is 26.2 Å². The highest BCUT2D eigenvalue weighted by Gasteiger charge is 2.11. The molecule has 24 heavy (non-hydrogen) atoms. The maximum Gasteiger partial charge on any atom is 0.279 e. The maximum atomic E-state index is 11.5. The topological polar surface area (TPSA) is 48.4 Å². The average Bonchev–Trinajstić information content (AvgIpc) is 3.02. The number of benzene rings is 2. The number of aryl methyl sites for hydroxylation is 1. The van der Waals surface area contributed by atoms with Crippen LogP contribution in [-0.4, -0.2) is 17.9 Å². The van der Waals surface area contributed by atoms with Gasteiger partial charge in [0.05, 0.1) is 17.3 Å². The van der Waals surface area contributed by atoms with Crippen LogP contribution < -0.4 is 9.47 Å². The molecule has 0 unspecified atom stereocenters. The molecule has 0 aliphatic heterocycles. The molecule has 0 saturated heterocycles. The van der Waals surface area contributed by atoms with Gasteiger partial charge in [0.1, 0.15) is 5.78 Å². The van der Waals surface area contributed by atoms with E-state index in [2.05, 4.69) is 4.98 Å². The molecular weight excluding hydrogens is 322 g/mol. The van der Waals surface area contributed by atoms with Crippen LogP contribution >= 0.6 is 11.3 Å². The van der Waals surface area contributed by atoms with Crippen LogP contribution in [0.4, 0.5) is 0 Å². The van der Waals surface area contributed by atoms with Gasteiger partial charge in [-0.25, -0.2) is 4.98 Å². The summed E-state index contributed by atoms with van der Waals surface area (Å²) in [5.74, 6) is 1.54. The van der Waals surface area contributed by atoms with E-state index in [0.29, 0.717) is 36.0 Å². The van der Waals surface area contributed by atoms with Crippen molar-refractivity contribution >= 4 is 27.3 Å². The Bertz CT molecular complexity index is 824. The lowest BCUT2D eigenvalue weighted by atomic mass is 10.1. The zero-order chi connectivity index (χ0) is 16.9. The zero-order valence-corrected chi connectivity index (χ0v) is 14.6. The number of aromatic nitrogens is 1. The average molecular weight is 341 g/mol. The summed E-state index contributed by atoms with van der Waals surface area (Å²) >= 11 is 1.50. The molecular formula is C19H19NO3S. The van der Waals surface area contributed by atoms with Crippen molar-refractivity contribution in [3.63, 3.8) is 0 Å². The highest BCUT2D eigenvalue weighted by atomic mass is 32.1. The van der Waals surface area contributed by atoms with Gasteiger partial charge in [-0.05, 0) is 36.2 Å². The van der Waals surface area contributed by atoms with E-state index < -0.39 is 0 Å². The third kappa shape index (κ3) is 3.74. The number of rotatable bonds is 7. The van der Waals surface area contributed by atoms with Crippen LogP contribution in [0.15, 0.2) is 42.5 Å². The van der Waals surface area contributed by atoms with Crippen LogP contribution in [0.1, 0.15) is 25.3 Å². The molecule has 5 heteroatoms. The highest BCUT2D eigenvalue weighted by molar-refractivity contribution is 7.20. The van der Waals surface area contributed by atoms with E-state index in [1.807, 2.05) is 49.4 Å². The number of methoxy groups -OCH3 is 1. The molecule has 1 heterocycles. The fourth-order valence-electron chi connectivity index (χ4n) is 2.40. The van der Waals surface area contributed by atoms with E-state index in [1.54, 1.807) is 7.11 Å². The number of para-hydroxylation sites is 1. The second-order valence-corrected chi connectivity index (χ2v) is 6.42. The first-order chi connectivity index (χ1) is 11.7. The lowest BCUT2D eigenvalue weighted by molar-refractivity contribution is -0.118. The van der Waals surface area contributed by atoms with Crippen LogP contribution in [-0.2, 0) is 11.2 Å². The van der Waals surface area contributed by atoms with E-state index in [0.717, 1.165) is 15.8 Å². The summed E-state index contributed by atoms with van der Waals surface area (Å²) in [6, 6.07) is 13.7. The Morgan fingerprint density at radius 3 is 2.75 bits per heavy atom. The predicted molar refractivity (Wildman–Crippen MR) is 96.3 cm³/mol. The van der Waals surface area contributed by atoms with E-state index in [1.165, 1.54) is 11.3 Å². The van der Waals surface area contributed by atoms with E-state index in [9.17, 15) is 4.79 Å². The van der Waals surface area contributed by atoms with Crippen molar-refractivity contribution in [1.29, 1.82) is 0 Å². The van der Waals surface area contributed by atoms with Crippen molar-refractivity contribution in [3.05, 3.63) is 48.0 Å². The van der Waals surface area contributed by atoms with Crippen molar-refractivity contribution in [2.75, 3.05) is 7.11 Å². The second kappa shape index (κ2) is 7.45. The number of ketones is 1. The fraction of sp³-hybridized carbons (Fsp3) is 0.263. The van der Waals surface area contributed by atoms with Crippen LogP contribution in [0.25, 0.3) is 10.2 Å². The molecule has 0 aliphatic rings. The first-order valence-electron chi connectivity index (χ1n) is 7.91. The summed E-state index contributed by atoms with van der Waals surface area (Å²) in [5.41, 5.74) is 1.98. The predicted octanol–water partition coefficient (Wildman–Crippen LogP) is 5.01. The van der Waals surface area contributed by atoms with Gasteiger partial charge < -0.3 is 9.47 Å². The molecule has 0 bridgehead atoms. The van der Waals surface area contributed by atoms with E-state index in [-0.39, 0.29) is 5.78 Å². The summed E-state index contributed by atoms with van der Waals surface area (Å²) in [4.78, 5) is 15.9. The van der Waals surface area contributed by atoms with Gasteiger partial charge in [0, 0.05) is 12.8 Å². The number of carbonyl (C=O) groups excluding carboxylic acids is 1. The number of fused-ring (bicyclic) bond motifs is 1. The van der Waals surface area contributed by atoms with Gasteiger partial charge in [-0.3, -0.25) is 4.79 Å². The van der Waals surface area contributed by atoms with Gasteiger partial charge in [0.25, 0.3) is 5.19 Å². The molecule has 0 atom stereocenters. The summed E-state index contributed by atoms with van der Waals surface area (Å²) < 4.78 is 12.4. The molecule has 4 nitrogen and oxygen atoms in total. The molecule has 3 rings (SSSR count). The van der Waals surface area contributed by atoms with E-state index in [4.69, 9.17) is 9.47 Å². The number of ether oxygens (including phenoxy) is 2. The van der Waals surface area contributed by atoms with Crippen molar-refractivity contribution in [3.8, 4) is 16.7 Å². The van der Waals surface area contributed by atoms with Gasteiger partial charge in [0.2, 0.25) is 0 Å². The standard InChI is InChI=1S/C19H19NO3S/c1-3-14(21)10-8-13-9-11-16(17(12-13)22-2)23-19-20-15-6-4-5-7-18(15)24-19/h4-7,9,11-12H,3,8,10H2,1-2H3.